The van der Waals surface area contributed by atoms with Gasteiger partial charge < -0.3 is 65.1 Å². The number of carbonyl (C=O) groups is 6. The van der Waals surface area contributed by atoms with Crippen LogP contribution in [0.3, 0.4) is 0 Å². The van der Waals surface area contributed by atoms with Crippen molar-refractivity contribution < 1.29 is 73.3 Å². The van der Waals surface area contributed by atoms with E-state index in [1.54, 1.807) is 151 Å². The number of sulfonamides is 3. The van der Waals surface area contributed by atoms with Crippen molar-refractivity contribution in [2.75, 3.05) is 178 Å². The molecule has 578 valence electrons. The Morgan fingerprint density at radius 3 is 0.849 bits per heavy atom. The van der Waals surface area contributed by atoms with Gasteiger partial charge in [0, 0.05) is 166 Å². The number of nitrogens with one attached hydrogen (secondary N) is 2. The fourth-order valence-corrected chi connectivity index (χ4v) is 16.7. The SMILES string of the molecule is CN1CCN(C(=O)c2ccc(N)cc2)CC1.COc1cc(C)c(S(=O)(=O)N(C)CCC(=O)Nc2ccc(C(=O)N3CCN(C)CC3)cc2)c(C)c1.COc1cc(C)c(S(=O)(=O)N(C)CCC(=O)Nc2ccc(C(=O)N3CCN(C)CC3)cc2)c(C)c1.COc1cc(C)c(S(=O)(=O)N(C)CCC(=O)O)c(C)c1. The topological polar surface area (TPSA) is 332 Å². The summed E-state index contributed by atoms with van der Waals surface area (Å²) in [5, 5.41) is 14.2. The number of piperazine rings is 3. The van der Waals surface area contributed by atoms with Gasteiger partial charge in [-0.2, -0.15) is 0 Å². The molecule has 3 fully saturated rings. The summed E-state index contributed by atoms with van der Waals surface area (Å²) in [5.74, 6) is 0.186. The monoisotopic (exact) mass is 1520 g/mol. The van der Waals surface area contributed by atoms with E-state index in [4.69, 9.17) is 25.1 Å². The van der Waals surface area contributed by atoms with E-state index in [9.17, 15) is 54.0 Å². The van der Waals surface area contributed by atoms with E-state index in [1.165, 1.54) is 51.1 Å². The Labute approximate surface area is 625 Å². The lowest BCUT2D eigenvalue weighted by molar-refractivity contribution is -0.137. The summed E-state index contributed by atoms with van der Waals surface area (Å²) in [6.07, 6.45) is -0.248. The van der Waals surface area contributed by atoms with Crippen molar-refractivity contribution in [3.05, 3.63) is 159 Å². The predicted octanol–water partition coefficient (Wildman–Crippen LogP) is 6.76. The van der Waals surface area contributed by atoms with Gasteiger partial charge in [-0.3, -0.25) is 28.8 Å². The Morgan fingerprint density at radius 1 is 0.396 bits per heavy atom. The van der Waals surface area contributed by atoms with E-state index in [0.717, 1.165) is 62.2 Å². The summed E-state index contributed by atoms with van der Waals surface area (Å²) in [6.45, 7) is 19.9. The minimum atomic E-state index is -3.77. The number of rotatable bonds is 23. The molecule has 6 aromatic rings. The number of likely N-dealkylation sites (N-methyl/N-ethyl adjacent to an activating group) is 3. The van der Waals surface area contributed by atoms with Crippen LogP contribution in [0.4, 0.5) is 17.1 Å². The summed E-state index contributed by atoms with van der Waals surface area (Å²) >= 11 is 0. The van der Waals surface area contributed by atoms with Gasteiger partial charge >= 0.3 is 5.97 Å². The first-order valence-corrected chi connectivity index (χ1v) is 38.9. The van der Waals surface area contributed by atoms with Crippen molar-refractivity contribution in [3.63, 3.8) is 0 Å². The molecule has 0 aliphatic carbocycles. The summed E-state index contributed by atoms with van der Waals surface area (Å²) in [7, 11) is 3.78. The maximum Gasteiger partial charge on any atom is 0.304 e. The Balaban J connectivity index is 0.000000232. The quantitative estimate of drug-likeness (QED) is 0.0481. The van der Waals surface area contributed by atoms with Crippen molar-refractivity contribution in [1.82, 2.24) is 42.3 Å². The highest BCUT2D eigenvalue weighted by molar-refractivity contribution is 7.89. The summed E-state index contributed by atoms with van der Waals surface area (Å²) in [5.41, 5.74) is 12.8. The lowest BCUT2D eigenvalue weighted by Gasteiger charge is -2.32. The molecule has 5 amide bonds. The molecule has 3 aliphatic rings. The Kier molecular flexibility index (Phi) is 31.6. The van der Waals surface area contributed by atoms with Crippen LogP contribution in [0.2, 0.25) is 0 Å². The van der Waals surface area contributed by atoms with Crippen LogP contribution in [0.25, 0.3) is 0 Å². The van der Waals surface area contributed by atoms with Gasteiger partial charge in [0.25, 0.3) is 17.7 Å². The molecule has 0 saturated carbocycles. The van der Waals surface area contributed by atoms with Crippen molar-refractivity contribution >= 4 is 82.6 Å². The van der Waals surface area contributed by atoms with Crippen molar-refractivity contribution in [2.45, 2.75) is 75.5 Å². The maximum absolute atomic E-state index is 13.1. The zero-order valence-electron chi connectivity index (χ0n) is 63.5. The van der Waals surface area contributed by atoms with E-state index in [2.05, 4.69) is 32.4 Å². The predicted molar refractivity (Wildman–Crippen MR) is 410 cm³/mol. The highest BCUT2D eigenvalue weighted by Gasteiger charge is 2.30. The highest BCUT2D eigenvalue weighted by Crippen LogP contribution is 2.31. The Hall–Kier alpha value is -9.05. The van der Waals surface area contributed by atoms with Crippen LogP contribution < -0.4 is 30.6 Å². The standard InChI is InChI=1S/2C25H34N4O5S.C13H19NO5S.C12H17N3O/c2*1-18-16-22(34-5)17-19(2)24(18)35(32,33)28(4)11-10-23(30)26-21-8-6-20(7-9-21)25(31)29-14-12-27(3)13-15-29;1-9-7-11(19-4)8-10(2)13(9)20(17,18)14(3)6-5-12(15)16;1-14-6-8-15(9-7-14)12(16)10-2-4-11(13)5-3-10/h2*6-9,16-17H,10-15H2,1-5H3,(H,26,30);7-8H,5-6H2,1-4H3,(H,15,16);2-5H,6-9,13H2,1H3. The molecule has 9 rings (SSSR count). The van der Waals surface area contributed by atoms with Crippen molar-refractivity contribution in [3.8, 4) is 17.2 Å². The normalized spacial score (nSPS) is 14.6. The third-order valence-electron chi connectivity index (χ3n) is 18.3. The molecule has 3 aliphatic heterocycles. The Morgan fingerprint density at radius 2 is 0.623 bits per heavy atom. The number of methoxy groups -OCH3 is 3. The molecule has 3 heterocycles. The number of aryl methyl sites for hydroxylation is 6. The molecule has 0 atom stereocenters. The van der Waals surface area contributed by atoms with Crippen LogP contribution in [0.5, 0.6) is 17.2 Å². The van der Waals surface area contributed by atoms with Gasteiger partial charge in [-0.05, 0) is 205 Å². The number of nitrogens with zero attached hydrogens (tertiary/aromatic N) is 9. The van der Waals surface area contributed by atoms with E-state index in [-0.39, 0.29) is 83.1 Å². The number of aliphatic carboxylic acids is 1. The number of nitrogens with two attached hydrogens (primary N) is 1. The van der Waals surface area contributed by atoms with E-state index in [0.29, 0.717) is 105 Å². The minimum Gasteiger partial charge on any atom is -0.497 e. The minimum absolute atomic E-state index is 0.00798. The first kappa shape index (κ1) is 85.9. The zero-order chi connectivity index (χ0) is 78.5. The number of amides is 5. The van der Waals surface area contributed by atoms with Gasteiger partial charge in [0.2, 0.25) is 41.9 Å². The van der Waals surface area contributed by atoms with Gasteiger partial charge in [0.15, 0.2) is 0 Å². The molecular formula is C75H104N12O16S3. The molecule has 0 unspecified atom stereocenters. The van der Waals surface area contributed by atoms with Crippen molar-refractivity contribution in [2.24, 2.45) is 0 Å². The number of anilines is 3. The summed E-state index contributed by atoms with van der Waals surface area (Å²) < 4.78 is 96.3. The number of nitrogen functional groups attached to an aromatic ring is 1. The van der Waals surface area contributed by atoms with Crippen LogP contribution in [-0.4, -0.2) is 270 Å². The van der Waals surface area contributed by atoms with Crippen LogP contribution in [0.1, 0.15) is 83.7 Å². The second kappa shape index (κ2) is 39.0. The average Bonchev–Trinajstić information content (AvgIpc) is 0.793. The van der Waals surface area contributed by atoms with Crippen LogP contribution in [0, 0.1) is 41.5 Å². The van der Waals surface area contributed by atoms with E-state index in [1.807, 2.05) is 28.8 Å². The van der Waals surface area contributed by atoms with Crippen LogP contribution in [0.15, 0.2) is 124 Å². The first-order valence-electron chi connectivity index (χ1n) is 34.6. The van der Waals surface area contributed by atoms with Gasteiger partial charge in [-0.15, -0.1) is 0 Å². The number of carboxylic acids is 1. The number of carbonyl (C=O) groups excluding carboxylic acids is 5. The molecule has 6 aromatic carbocycles. The van der Waals surface area contributed by atoms with Crippen molar-refractivity contribution in [1.29, 1.82) is 0 Å². The molecule has 0 spiro atoms. The molecule has 0 bridgehead atoms. The molecule has 3 saturated heterocycles. The lowest BCUT2D eigenvalue weighted by atomic mass is 10.1. The molecule has 5 N–H and O–H groups in total. The van der Waals surface area contributed by atoms with Crippen LogP contribution in [-0.2, 0) is 44.5 Å². The lowest BCUT2D eigenvalue weighted by Crippen LogP contribution is -2.47. The molecule has 0 radical (unpaired) electrons. The third kappa shape index (κ3) is 23.7. The Bertz CT molecular complexity index is 4140. The number of hydrogen-bond donors (Lipinski definition) is 4. The molecule has 0 aromatic heterocycles. The summed E-state index contributed by atoms with van der Waals surface area (Å²) in [4.78, 5) is 85.7. The molecule has 106 heavy (non-hydrogen) atoms. The number of ether oxygens (including phenoxy) is 3. The average molecular weight is 1530 g/mol. The zero-order valence-corrected chi connectivity index (χ0v) is 66.0. The second-order valence-electron chi connectivity index (χ2n) is 26.6. The fraction of sp³-hybridized carbons (Fsp3) is 0.440. The number of carboxylic acid groups (broad SMARTS) is 1. The smallest absolute Gasteiger partial charge is 0.304 e. The number of hydrogen-bond acceptors (Lipinski definition) is 19. The second-order valence-corrected chi connectivity index (χ2v) is 32.5. The van der Waals surface area contributed by atoms with Gasteiger partial charge in [-0.25, -0.2) is 38.2 Å². The van der Waals surface area contributed by atoms with E-state index >= 15 is 0 Å². The maximum atomic E-state index is 13.1. The molecule has 31 heteroatoms. The van der Waals surface area contributed by atoms with Crippen LogP contribution >= 0.6 is 0 Å². The largest absolute Gasteiger partial charge is 0.497 e. The highest BCUT2D eigenvalue weighted by atomic mass is 32.2. The fourth-order valence-electron chi connectivity index (χ4n) is 11.9. The number of benzene rings is 6. The van der Waals surface area contributed by atoms with Gasteiger partial charge in [0.05, 0.1) is 42.4 Å². The molecule has 28 nitrogen and oxygen atoms in total. The first-order chi connectivity index (χ1) is 49.9. The third-order valence-corrected chi connectivity index (χ3v) is 24.8. The summed E-state index contributed by atoms with van der Waals surface area (Å²) in [6, 6.07) is 30.6. The van der Waals surface area contributed by atoms with E-state index < -0.39 is 36.0 Å². The van der Waals surface area contributed by atoms with Gasteiger partial charge in [-0.1, -0.05) is 0 Å². The molecular weight excluding hydrogens is 1420 g/mol. The van der Waals surface area contributed by atoms with Gasteiger partial charge in [0.1, 0.15) is 17.2 Å².